The van der Waals surface area contributed by atoms with Gasteiger partial charge in [0.2, 0.25) is 0 Å². The van der Waals surface area contributed by atoms with Gasteiger partial charge >= 0.3 is 0 Å². The van der Waals surface area contributed by atoms with Crippen LogP contribution in [0.15, 0.2) is 5.38 Å². The number of halogens is 1. The van der Waals surface area contributed by atoms with Crippen molar-refractivity contribution in [2.24, 2.45) is 0 Å². The first-order chi connectivity index (χ1) is 5.29. The monoisotopic (exact) mass is 192 g/mol. The van der Waals surface area contributed by atoms with Crippen molar-refractivity contribution in [3.8, 4) is 11.5 Å². The van der Waals surface area contributed by atoms with Crippen molar-refractivity contribution in [3.63, 3.8) is 0 Å². The fourth-order valence-corrected chi connectivity index (χ4v) is 1.59. The molecule has 3 nitrogen and oxygen atoms in total. The minimum atomic E-state index is 0.334. The molecule has 0 unspecified atom stereocenters. The van der Waals surface area contributed by atoms with E-state index in [1.54, 1.807) is 5.38 Å². The molecule has 0 aliphatic rings. The van der Waals surface area contributed by atoms with Crippen LogP contribution in [0.25, 0.3) is 0 Å². The first-order valence-electron chi connectivity index (χ1n) is 2.71. The molecule has 1 rings (SSSR count). The van der Waals surface area contributed by atoms with Crippen molar-refractivity contribution in [2.45, 2.75) is 0 Å². The Kier molecular flexibility index (Phi) is 2.73. The zero-order valence-electron chi connectivity index (χ0n) is 5.67. The molecule has 11 heavy (non-hydrogen) atoms. The summed E-state index contributed by atoms with van der Waals surface area (Å²) in [4.78, 5) is 9.94. The minimum absolute atomic E-state index is 0.334. The molecule has 0 spiro atoms. The Labute approximate surface area is 72.5 Å². The third-order valence-corrected chi connectivity index (χ3v) is 2.21. The normalized spacial score (nSPS) is 9.27. The van der Waals surface area contributed by atoms with E-state index in [2.05, 4.69) is 4.74 Å². The van der Waals surface area contributed by atoms with Gasteiger partial charge in [0, 0.05) is 5.38 Å². The van der Waals surface area contributed by atoms with Gasteiger partial charge in [0.1, 0.15) is 4.34 Å². The molecule has 0 aliphatic heterocycles. The molecule has 0 aromatic carbocycles. The maximum Gasteiger partial charge on any atom is 0.298 e. The Bertz CT molecular complexity index is 258. The molecule has 1 heterocycles. The Morgan fingerprint density at radius 2 is 2.45 bits per heavy atom. The summed E-state index contributed by atoms with van der Waals surface area (Å²) in [6.07, 6.45) is 0. The number of rotatable bonds is 3. The van der Waals surface area contributed by atoms with E-state index in [9.17, 15) is 4.79 Å². The highest BCUT2D eigenvalue weighted by molar-refractivity contribution is 7.15. The zero-order chi connectivity index (χ0) is 8.27. The number of carbonyl (C=O) groups excluding carboxylic acids is 1. The molecule has 0 radical (unpaired) electrons. The molecule has 1 aromatic heterocycles. The van der Waals surface area contributed by atoms with E-state index < -0.39 is 0 Å². The van der Waals surface area contributed by atoms with Crippen LogP contribution >= 0.6 is 22.9 Å². The van der Waals surface area contributed by atoms with Gasteiger partial charge in [-0.3, -0.25) is 4.79 Å². The van der Waals surface area contributed by atoms with Gasteiger partial charge in [0.15, 0.2) is 11.5 Å². The molecule has 0 saturated heterocycles. The standard InChI is InChI=1S/C6H5ClO3S/c1-9-5-4(10-3-8)2-11-6(5)7/h2-3H,1H3. The first kappa shape index (κ1) is 8.36. The zero-order valence-corrected chi connectivity index (χ0v) is 7.24. The second-order valence-electron chi connectivity index (χ2n) is 1.62. The Balaban J connectivity index is 2.95. The van der Waals surface area contributed by atoms with E-state index in [0.29, 0.717) is 22.3 Å². The molecule has 60 valence electrons. The van der Waals surface area contributed by atoms with Crippen LogP contribution in [0.5, 0.6) is 11.5 Å². The second-order valence-corrected chi connectivity index (χ2v) is 3.10. The first-order valence-corrected chi connectivity index (χ1v) is 3.96. The number of thiophene rings is 1. The van der Waals surface area contributed by atoms with Gasteiger partial charge in [-0.25, -0.2) is 0 Å². The van der Waals surface area contributed by atoms with Crippen LogP contribution in [0.2, 0.25) is 4.34 Å². The smallest absolute Gasteiger partial charge is 0.298 e. The summed E-state index contributed by atoms with van der Waals surface area (Å²) in [6, 6.07) is 0. The quantitative estimate of drug-likeness (QED) is 0.687. The molecule has 1 aromatic rings. The predicted molar refractivity (Wildman–Crippen MR) is 42.6 cm³/mol. The fourth-order valence-electron chi connectivity index (χ4n) is 0.623. The number of methoxy groups -OCH3 is 1. The topological polar surface area (TPSA) is 35.5 Å². The van der Waals surface area contributed by atoms with E-state index in [-0.39, 0.29) is 0 Å². The minimum Gasteiger partial charge on any atom is -0.491 e. The van der Waals surface area contributed by atoms with Crippen LogP contribution in [-0.4, -0.2) is 13.6 Å². The lowest BCUT2D eigenvalue weighted by atomic mass is 10.5. The van der Waals surface area contributed by atoms with Gasteiger partial charge in [-0.1, -0.05) is 11.6 Å². The number of hydrogen-bond donors (Lipinski definition) is 0. The third-order valence-electron chi connectivity index (χ3n) is 1.05. The molecule has 0 fully saturated rings. The largest absolute Gasteiger partial charge is 0.491 e. The van der Waals surface area contributed by atoms with E-state index in [4.69, 9.17) is 16.3 Å². The van der Waals surface area contributed by atoms with Crippen molar-refractivity contribution in [1.82, 2.24) is 0 Å². The van der Waals surface area contributed by atoms with Gasteiger partial charge < -0.3 is 9.47 Å². The van der Waals surface area contributed by atoms with Crippen molar-refractivity contribution in [1.29, 1.82) is 0 Å². The lowest BCUT2D eigenvalue weighted by Gasteiger charge is -1.98. The van der Waals surface area contributed by atoms with Crippen LogP contribution in [0.4, 0.5) is 0 Å². The Hall–Kier alpha value is -0.740. The summed E-state index contributed by atoms with van der Waals surface area (Å²) in [5.41, 5.74) is 0. The third kappa shape index (κ3) is 1.64. The van der Waals surface area contributed by atoms with Crippen molar-refractivity contribution in [3.05, 3.63) is 9.72 Å². The van der Waals surface area contributed by atoms with Gasteiger partial charge in [0.05, 0.1) is 7.11 Å². The summed E-state index contributed by atoms with van der Waals surface area (Å²) in [6.45, 7) is 0.334. The average molecular weight is 193 g/mol. The van der Waals surface area contributed by atoms with Crippen LogP contribution < -0.4 is 9.47 Å². The molecule has 0 aliphatic carbocycles. The summed E-state index contributed by atoms with van der Waals surface area (Å²) in [7, 11) is 1.46. The van der Waals surface area contributed by atoms with Gasteiger partial charge in [0.25, 0.3) is 6.47 Å². The van der Waals surface area contributed by atoms with Crippen LogP contribution in [0.3, 0.4) is 0 Å². The number of carbonyl (C=O) groups is 1. The summed E-state index contributed by atoms with van der Waals surface area (Å²) in [5.74, 6) is 0.765. The lowest BCUT2D eigenvalue weighted by Crippen LogP contribution is -1.89. The van der Waals surface area contributed by atoms with Crippen molar-refractivity contribution in [2.75, 3.05) is 7.11 Å². The highest BCUT2D eigenvalue weighted by atomic mass is 35.5. The highest BCUT2D eigenvalue weighted by Crippen LogP contribution is 2.40. The summed E-state index contributed by atoms with van der Waals surface area (Å²) in [5, 5.41) is 1.61. The molecule has 0 bridgehead atoms. The van der Waals surface area contributed by atoms with Crippen LogP contribution in [-0.2, 0) is 4.79 Å². The fraction of sp³-hybridized carbons (Fsp3) is 0.167. The molecular formula is C6H5ClO3S. The highest BCUT2D eigenvalue weighted by Gasteiger charge is 2.10. The number of hydrogen-bond acceptors (Lipinski definition) is 4. The summed E-state index contributed by atoms with van der Waals surface area (Å²) < 4.78 is 9.91. The average Bonchev–Trinajstić information content (AvgIpc) is 2.33. The molecule has 0 N–H and O–H groups in total. The maximum atomic E-state index is 9.94. The number of ether oxygens (including phenoxy) is 2. The van der Waals surface area contributed by atoms with Crippen molar-refractivity contribution >= 4 is 29.4 Å². The maximum absolute atomic E-state index is 9.94. The summed E-state index contributed by atoms with van der Waals surface area (Å²) >= 11 is 6.93. The van der Waals surface area contributed by atoms with Gasteiger partial charge in [-0.2, -0.15) is 0 Å². The van der Waals surface area contributed by atoms with E-state index in [1.807, 2.05) is 0 Å². The van der Waals surface area contributed by atoms with Crippen LogP contribution in [0.1, 0.15) is 0 Å². The van der Waals surface area contributed by atoms with Crippen LogP contribution in [0, 0.1) is 0 Å². The SMILES string of the molecule is COc1c(OC=O)csc1Cl. The van der Waals surface area contributed by atoms with Gasteiger partial charge in [-0.15, -0.1) is 11.3 Å². The molecule has 5 heteroatoms. The van der Waals surface area contributed by atoms with E-state index >= 15 is 0 Å². The van der Waals surface area contributed by atoms with E-state index in [1.165, 1.54) is 18.4 Å². The molecular weight excluding hydrogens is 188 g/mol. The Morgan fingerprint density at radius 1 is 1.73 bits per heavy atom. The molecule has 0 amide bonds. The van der Waals surface area contributed by atoms with Crippen molar-refractivity contribution < 1.29 is 14.3 Å². The predicted octanol–water partition coefficient (Wildman–Crippen LogP) is 1.95. The Morgan fingerprint density at radius 3 is 3.00 bits per heavy atom. The molecule has 0 atom stereocenters. The molecule has 0 saturated carbocycles. The van der Waals surface area contributed by atoms with E-state index in [0.717, 1.165) is 0 Å². The lowest BCUT2D eigenvalue weighted by molar-refractivity contribution is -0.120. The second kappa shape index (κ2) is 3.59. The van der Waals surface area contributed by atoms with Gasteiger partial charge in [-0.05, 0) is 0 Å².